The third kappa shape index (κ3) is 2.73. The zero-order valence-electron chi connectivity index (χ0n) is 14.1. The van der Waals surface area contributed by atoms with E-state index in [1.807, 2.05) is 30.3 Å². The van der Waals surface area contributed by atoms with Crippen molar-refractivity contribution in [3.8, 4) is 22.6 Å². The van der Waals surface area contributed by atoms with E-state index in [1.165, 1.54) is 13.1 Å². The minimum atomic E-state index is -0.643. The quantitative estimate of drug-likeness (QED) is 0.674. The molecule has 1 aromatic carbocycles. The first-order valence-corrected chi connectivity index (χ1v) is 7.79. The van der Waals surface area contributed by atoms with Gasteiger partial charge in [-0.05, 0) is 18.6 Å². The van der Waals surface area contributed by atoms with Crippen LogP contribution in [-0.4, -0.2) is 26.7 Å². The summed E-state index contributed by atoms with van der Waals surface area (Å²) in [4.78, 5) is 40.8. The van der Waals surface area contributed by atoms with E-state index in [-0.39, 0.29) is 23.6 Å². The number of carbonyl (C=O) groups excluding carboxylic acids is 1. The van der Waals surface area contributed by atoms with Gasteiger partial charge in [0.05, 0.1) is 23.4 Å². The van der Waals surface area contributed by atoms with Gasteiger partial charge in [-0.2, -0.15) is 4.98 Å². The van der Waals surface area contributed by atoms with Gasteiger partial charge in [0.25, 0.3) is 5.56 Å². The van der Waals surface area contributed by atoms with Crippen molar-refractivity contribution in [1.29, 1.82) is 0 Å². The fraction of sp³-hybridized carbons (Fsp3) is 0.222. The fourth-order valence-electron chi connectivity index (χ4n) is 2.78. The molecule has 2 heterocycles. The number of rotatable bonds is 3. The van der Waals surface area contributed by atoms with Crippen molar-refractivity contribution in [3.63, 3.8) is 0 Å². The van der Waals surface area contributed by atoms with Gasteiger partial charge < -0.3 is 9.30 Å². The largest absolute Gasteiger partial charge is 0.462 e. The molecule has 0 spiro atoms. The van der Waals surface area contributed by atoms with Gasteiger partial charge in [0, 0.05) is 14.1 Å². The van der Waals surface area contributed by atoms with Crippen LogP contribution in [0.25, 0.3) is 22.6 Å². The molecule has 128 valence electrons. The van der Waals surface area contributed by atoms with Crippen LogP contribution in [0, 0.1) is 0 Å². The SMILES string of the molecule is CCOC(=O)c1cc2c(=O)n(C)c(=O)nc-2n(C)c1-c1ccccc1. The van der Waals surface area contributed by atoms with Crippen LogP contribution in [0.3, 0.4) is 0 Å². The molecule has 0 atom stereocenters. The van der Waals surface area contributed by atoms with Gasteiger partial charge in [-0.25, -0.2) is 9.59 Å². The monoisotopic (exact) mass is 339 g/mol. The number of aromatic nitrogens is 3. The Labute approximate surface area is 143 Å². The lowest BCUT2D eigenvalue weighted by atomic mass is 10.0. The minimum absolute atomic E-state index is 0.187. The number of carbonyl (C=O) groups is 1. The van der Waals surface area contributed by atoms with Crippen LogP contribution in [0.15, 0.2) is 46.0 Å². The highest BCUT2D eigenvalue weighted by atomic mass is 16.5. The van der Waals surface area contributed by atoms with Gasteiger partial charge >= 0.3 is 11.7 Å². The summed E-state index contributed by atoms with van der Waals surface area (Å²) in [6.07, 6.45) is 0. The third-order valence-corrected chi connectivity index (χ3v) is 4.00. The number of nitrogens with zero attached hydrogens (tertiary/aromatic N) is 3. The Morgan fingerprint density at radius 2 is 1.80 bits per heavy atom. The maximum Gasteiger partial charge on any atom is 0.352 e. The van der Waals surface area contributed by atoms with E-state index in [2.05, 4.69) is 4.98 Å². The normalized spacial score (nSPS) is 10.8. The number of hydrogen-bond acceptors (Lipinski definition) is 5. The fourth-order valence-corrected chi connectivity index (χ4v) is 2.78. The molecule has 0 aliphatic carbocycles. The molecule has 0 unspecified atom stereocenters. The maximum absolute atomic E-state index is 12.5. The van der Waals surface area contributed by atoms with E-state index in [1.54, 1.807) is 18.5 Å². The molecule has 0 amide bonds. The van der Waals surface area contributed by atoms with Crippen LogP contribution >= 0.6 is 0 Å². The third-order valence-electron chi connectivity index (χ3n) is 4.00. The molecule has 7 heteroatoms. The van der Waals surface area contributed by atoms with E-state index in [9.17, 15) is 14.4 Å². The summed E-state index contributed by atoms with van der Waals surface area (Å²) in [5.41, 5.74) is 0.580. The maximum atomic E-state index is 12.5. The summed E-state index contributed by atoms with van der Waals surface area (Å²) in [5, 5.41) is 0. The molecule has 2 aliphatic heterocycles. The van der Waals surface area contributed by atoms with Gasteiger partial charge in [0.15, 0.2) is 5.82 Å². The Balaban J connectivity index is 2.46. The lowest BCUT2D eigenvalue weighted by Gasteiger charge is -2.19. The van der Waals surface area contributed by atoms with Gasteiger partial charge in [-0.3, -0.25) is 9.36 Å². The standard InChI is InChI=1S/C18H17N3O4/c1-4-25-17(23)12-10-13-15(19-18(24)21(3)16(13)22)20(2)14(12)11-8-6-5-7-9-11/h5-10H,4H2,1-3H3. The van der Waals surface area contributed by atoms with Crippen LogP contribution in [0.5, 0.6) is 0 Å². The Morgan fingerprint density at radius 3 is 2.44 bits per heavy atom. The first-order valence-electron chi connectivity index (χ1n) is 7.79. The Bertz CT molecular complexity index is 1030. The van der Waals surface area contributed by atoms with Crippen molar-refractivity contribution in [2.75, 3.05) is 6.61 Å². The highest BCUT2D eigenvalue weighted by molar-refractivity contribution is 5.98. The van der Waals surface area contributed by atoms with Gasteiger partial charge in [0.2, 0.25) is 0 Å². The zero-order chi connectivity index (χ0) is 18.1. The van der Waals surface area contributed by atoms with Crippen molar-refractivity contribution >= 4 is 5.97 Å². The van der Waals surface area contributed by atoms with Crippen molar-refractivity contribution in [2.45, 2.75) is 6.92 Å². The van der Waals surface area contributed by atoms with E-state index in [0.29, 0.717) is 5.69 Å². The lowest BCUT2D eigenvalue weighted by molar-refractivity contribution is 0.0526. The first-order chi connectivity index (χ1) is 12.0. The molecule has 1 aromatic rings. The van der Waals surface area contributed by atoms with Crippen molar-refractivity contribution in [2.24, 2.45) is 14.1 Å². The topological polar surface area (TPSA) is 83.2 Å². The molecular weight excluding hydrogens is 322 g/mol. The molecule has 0 bridgehead atoms. The summed E-state index contributed by atoms with van der Waals surface area (Å²) >= 11 is 0. The Hall–Kier alpha value is -3.22. The number of fused-ring (bicyclic) bond motifs is 1. The van der Waals surface area contributed by atoms with Crippen LogP contribution in [-0.2, 0) is 18.8 Å². The molecular formula is C18H17N3O4. The minimum Gasteiger partial charge on any atom is -0.462 e. The molecule has 3 rings (SSSR count). The van der Waals surface area contributed by atoms with Gasteiger partial charge in [0.1, 0.15) is 0 Å². The highest BCUT2D eigenvalue weighted by Gasteiger charge is 2.24. The molecule has 7 nitrogen and oxygen atoms in total. The van der Waals surface area contributed by atoms with Crippen molar-refractivity contribution in [3.05, 3.63) is 62.8 Å². The van der Waals surface area contributed by atoms with Crippen LogP contribution in [0.1, 0.15) is 17.3 Å². The highest BCUT2D eigenvalue weighted by Crippen LogP contribution is 2.29. The predicted octanol–water partition coefficient (Wildman–Crippen LogP) is 1.43. The molecule has 0 fully saturated rings. The van der Waals surface area contributed by atoms with E-state index < -0.39 is 17.2 Å². The second kappa shape index (κ2) is 6.35. The summed E-state index contributed by atoms with van der Waals surface area (Å²) in [6, 6.07) is 10.7. The molecule has 0 saturated carbocycles. The van der Waals surface area contributed by atoms with Crippen molar-refractivity contribution in [1.82, 2.24) is 14.1 Å². The Kier molecular flexibility index (Phi) is 4.22. The first kappa shape index (κ1) is 16.6. The molecule has 25 heavy (non-hydrogen) atoms. The van der Waals surface area contributed by atoms with Crippen LogP contribution < -0.4 is 11.2 Å². The molecule has 0 N–H and O–H groups in total. The molecule has 2 aliphatic rings. The summed E-state index contributed by atoms with van der Waals surface area (Å²) in [7, 11) is 3.02. The van der Waals surface area contributed by atoms with E-state index >= 15 is 0 Å². The number of ether oxygens (including phenoxy) is 1. The molecule has 0 aromatic heterocycles. The van der Waals surface area contributed by atoms with E-state index in [4.69, 9.17) is 4.74 Å². The average Bonchev–Trinajstić information content (AvgIpc) is 2.61. The molecule has 0 saturated heterocycles. The zero-order valence-corrected chi connectivity index (χ0v) is 14.1. The Morgan fingerprint density at radius 1 is 1.12 bits per heavy atom. The second-order valence-electron chi connectivity index (χ2n) is 5.55. The summed E-state index contributed by atoms with van der Waals surface area (Å²) in [5.74, 6) is -0.313. The average molecular weight is 339 g/mol. The van der Waals surface area contributed by atoms with Crippen molar-refractivity contribution < 1.29 is 9.53 Å². The second-order valence-corrected chi connectivity index (χ2v) is 5.55. The number of esters is 1. The number of hydrogen-bond donors (Lipinski definition) is 0. The smallest absolute Gasteiger partial charge is 0.352 e. The van der Waals surface area contributed by atoms with E-state index in [0.717, 1.165) is 10.1 Å². The van der Waals surface area contributed by atoms with Gasteiger partial charge in [-0.15, -0.1) is 0 Å². The predicted molar refractivity (Wildman–Crippen MR) is 92.7 cm³/mol. The van der Waals surface area contributed by atoms with Crippen LogP contribution in [0.4, 0.5) is 0 Å². The summed E-state index contributed by atoms with van der Waals surface area (Å²) in [6.45, 7) is 1.93. The number of benzene rings is 1. The lowest BCUT2D eigenvalue weighted by Crippen LogP contribution is -2.36. The van der Waals surface area contributed by atoms with Gasteiger partial charge in [-0.1, -0.05) is 30.3 Å². The molecule has 0 radical (unpaired) electrons. The summed E-state index contributed by atoms with van der Waals surface area (Å²) < 4.78 is 7.64. The van der Waals surface area contributed by atoms with Crippen LogP contribution in [0.2, 0.25) is 0 Å². The number of pyridine rings is 1.